The van der Waals surface area contributed by atoms with Gasteiger partial charge in [-0.25, -0.2) is 0 Å². The summed E-state index contributed by atoms with van der Waals surface area (Å²) in [5.41, 5.74) is 0.635. The van der Waals surface area contributed by atoms with Crippen molar-refractivity contribution >= 4 is 40.7 Å². The number of anilines is 1. The van der Waals surface area contributed by atoms with E-state index in [9.17, 15) is 9.59 Å². The van der Waals surface area contributed by atoms with Crippen LogP contribution in [0, 0.1) is 0 Å². The molecule has 0 aliphatic carbocycles. The van der Waals surface area contributed by atoms with Gasteiger partial charge in [0.15, 0.2) is 0 Å². The fourth-order valence-electron chi connectivity index (χ4n) is 2.43. The molecule has 0 spiro atoms. The average molecular weight is 344 g/mol. The highest BCUT2D eigenvalue weighted by Gasteiger charge is 2.21. The second kappa shape index (κ2) is 7.70. The molecule has 1 aliphatic rings. The summed E-state index contributed by atoms with van der Waals surface area (Å²) in [7, 11) is 0. The molecular formula is C15H19Cl2N3O2. The predicted octanol–water partition coefficient (Wildman–Crippen LogP) is 2.53. The number of piperidine rings is 1. The highest BCUT2D eigenvalue weighted by molar-refractivity contribution is 6.43. The number of carbonyl (C=O) groups excluding carboxylic acids is 2. The van der Waals surface area contributed by atoms with Gasteiger partial charge in [-0.2, -0.15) is 0 Å². The van der Waals surface area contributed by atoms with Gasteiger partial charge in [-0.3, -0.25) is 9.59 Å². The van der Waals surface area contributed by atoms with E-state index in [0.29, 0.717) is 28.8 Å². The molecule has 1 fully saturated rings. The van der Waals surface area contributed by atoms with Gasteiger partial charge in [0.2, 0.25) is 11.8 Å². The summed E-state index contributed by atoms with van der Waals surface area (Å²) >= 11 is 12.0. The van der Waals surface area contributed by atoms with Crippen LogP contribution >= 0.6 is 23.2 Å². The fourth-order valence-corrected chi connectivity index (χ4v) is 2.80. The van der Waals surface area contributed by atoms with E-state index in [1.807, 2.05) is 0 Å². The fraction of sp³-hybridized carbons (Fsp3) is 0.467. The molecular weight excluding hydrogens is 325 g/mol. The van der Waals surface area contributed by atoms with Crippen molar-refractivity contribution in [1.29, 1.82) is 0 Å². The molecule has 0 radical (unpaired) electrons. The Balaban J connectivity index is 1.77. The minimum absolute atomic E-state index is 0.0852. The molecule has 1 aromatic rings. The largest absolute Gasteiger partial charge is 0.375 e. The summed E-state index contributed by atoms with van der Waals surface area (Å²) in [6.07, 6.45) is 1.56. The van der Waals surface area contributed by atoms with Gasteiger partial charge < -0.3 is 15.5 Å². The van der Waals surface area contributed by atoms with Crippen LogP contribution in [0.1, 0.15) is 19.8 Å². The number of likely N-dealkylation sites (tertiary alicyclic amines) is 1. The molecule has 2 rings (SSSR count). The Kier molecular flexibility index (Phi) is 5.91. The number of carbonyl (C=O) groups is 2. The second-order valence-corrected chi connectivity index (χ2v) is 6.09. The topological polar surface area (TPSA) is 61.4 Å². The second-order valence-electron chi connectivity index (χ2n) is 5.30. The van der Waals surface area contributed by atoms with Crippen molar-refractivity contribution in [2.75, 3.05) is 25.0 Å². The zero-order valence-electron chi connectivity index (χ0n) is 12.4. The van der Waals surface area contributed by atoms with Crippen molar-refractivity contribution in [3.8, 4) is 0 Å². The Morgan fingerprint density at radius 3 is 2.59 bits per heavy atom. The molecule has 1 aliphatic heterocycles. The molecule has 0 bridgehead atoms. The van der Waals surface area contributed by atoms with Crippen LogP contribution in [-0.4, -0.2) is 42.4 Å². The van der Waals surface area contributed by atoms with Gasteiger partial charge in [0.05, 0.1) is 22.3 Å². The van der Waals surface area contributed by atoms with Gasteiger partial charge in [0.25, 0.3) is 0 Å². The normalized spacial score (nSPS) is 15.5. The first-order chi connectivity index (χ1) is 10.5. The summed E-state index contributed by atoms with van der Waals surface area (Å²) in [4.78, 5) is 25.0. The van der Waals surface area contributed by atoms with E-state index in [1.54, 1.807) is 30.0 Å². The zero-order chi connectivity index (χ0) is 16.1. The number of amides is 2. The Labute approximate surface area is 139 Å². The maximum atomic E-state index is 12.0. The molecule has 7 heteroatoms. The van der Waals surface area contributed by atoms with Crippen LogP contribution in [0.5, 0.6) is 0 Å². The van der Waals surface area contributed by atoms with Gasteiger partial charge >= 0.3 is 0 Å². The van der Waals surface area contributed by atoms with E-state index in [1.165, 1.54) is 0 Å². The van der Waals surface area contributed by atoms with Crippen molar-refractivity contribution in [3.63, 3.8) is 0 Å². The summed E-state index contributed by atoms with van der Waals surface area (Å²) in [5.74, 6) is -0.0145. The number of rotatable bonds is 4. The summed E-state index contributed by atoms with van der Waals surface area (Å²) in [5, 5.41) is 6.80. The quantitative estimate of drug-likeness (QED) is 0.882. The molecule has 0 unspecified atom stereocenters. The van der Waals surface area contributed by atoms with E-state index in [0.717, 1.165) is 12.8 Å². The highest BCUT2D eigenvalue weighted by Crippen LogP contribution is 2.29. The molecule has 0 atom stereocenters. The Morgan fingerprint density at radius 2 is 1.95 bits per heavy atom. The highest BCUT2D eigenvalue weighted by atomic mass is 35.5. The van der Waals surface area contributed by atoms with Crippen LogP contribution in [-0.2, 0) is 9.59 Å². The molecule has 1 aromatic carbocycles. The lowest BCUT2D eigenvalue weighted by Crippen LogP contribution is -2.47. The van der Waals surface area contributed by atoms with Gasteiger partial charge in [-0.1, -0.05) is 29.3 Å². The van der Waals surface area contributed by atoms with E-state index >= 15 is 0 Å². The monoisotopic (exact) mass is 343 g/mol. The SMILES string of the molecule is CC(=O)N1CCC(NC(=O)CNc2cccc(Cl)c2Cl)CC1. The number of hydrogen-bond acceptors (Lipinski definition) is 3. The molecule has 1 heterocycles. The van der Waals surface area contributed by atoms with Gasteiger partial charge in [0.1, 0.15) is 0 Å². The van der Waals surface area contributed by atoms with Gasteiger partial charge in [-0.15, -0.1) is 0 Å². The molecule has 0 saturated carbocycles. The van der Waals surface area contributed by atoms with Crippen LogP contribution in [0.15, 0.2) is 18.2 Å². The zero-order valence-corrected chi connectivity index (χ0v) is 13.9. The van der Waals surface area contributed by atoms with E-state index in [4.69, 9.17) is 23.2 Å². The minimum Gasteiger partial charge on any atom is -0.375 e. The van der Waals surface area contributed by atoms with Crippen LogP contribution in [0.4, 0.5) is 5.69 Å². The van der Waals surface area contributed by atoms with Crippen LogP contribution in [0.2, 0.25) is 10.0 Å². The van der Waals surface area contributed by atoms with E-state index < -0.39 is 0 Å². The Bertz CT molecular complexity index is 558. The predicted molar refractivity (Wildman–Crippen MR) is 88.4 cm³/mol. The average Bonchev–Trinajstić information content (AvgIpc) is 2.49. The number of benzene rings is 1. The Hall–Kier alpha value is -1.46. The first kappa shape index (κ1) is 16.9. The van der Waals surface area contributed by atoms with Crippen molar-refractivity contribution in [1.82, 2.24) is 10.2 Å². The molecule has 2 amide bonds. The lowest BCUT2D eigenvalue weighted by Gasteiger charge is -2.31. The van der Waals surface area contributed by atoms with Crippen LogP contribution < -0.4 is 10.6 Å². The lowest BCUT2D eigenvalue weighted by molar-refractivity contribution is -0.130. The van der Waals surface area contributed by atoms with E-state index in [-0.39, 0.29) is 24.4 Å². The lowest BCUT2D eigenvalue weighted by atomic mass is 10.1. The van der Waals surface area contributed by atoms with Crippen molar-refractivity contribution in [3.05, 3.63) is 28.2 Å². The maximum absolute atomic E-state index is 12.0. The molecule has 0 aromatic heterocycles. The number of hydrogen-bond donors (Lipinski definition) is 2. The summed E-state index contributed by atoms with van der Waals surface area (Å²) in [6.45, 7) is 3.08. The third-order valence-corrected chi connectivity index (χ3v) is 4.52. The third kappa shape index (κ3) is 4.52. The first-order valence-corrected chi connectivity index (χ1v) is 7.95. The van der Waals surface area contributed by atoms with Crippen molar-refractivity contribution < 1.29 is 9.59 Å². The van der Waals surface area contributed by atoms with Crippen LogP contribution in [0.3, 0.4) is 0 Å². The van der Waals surface area contributed by atoms with Crippen LogP contribution in [0.25, 0.3) is 0 Å². The number of halogens is 2. The first-order valence-electron chi connectivity index (χ1n) is 7.20. The third-order valence-electron chi connectivity index (χ3n) is 3.70. The minimum atomic E-state index is -0.0997. The van der Waals surface area contributed by atoms with Gasteiger partial charge in [-0.05, 0) is 25.0 Å². The smallest absolute Gasteiger partial charge is 0.239 e. The molecule has 2 N–H and O–H groups in total. The molecule has 120 valence electrons. The number of nitrogens with zero attached hydrogens (tertiary/aromatic N) is 1. The summed E-state index contributed by atoms with van der Waals surface area (Å²) < 4.78 is 0. The Morgan fingerprint density at radius 1 is 1.27 bits per heavy atom. The maximum Gasteiger partial charge on any atom is 0.239 e. The van der Waals surface area contributed by atoms with E-state index in [2.05, 4.69) is 10.6 Å². The standard InChI is InChI=1S/C15H19Cl2N3O2/c1-10(21)20-7-5-11(6-8-20)19-14(22)9-18-13-4-2-3-12(16)15(13)17/h2-4,11,18H,5-9H2,1H3,(H,19,22). The van der Waals surface area contributed by atoms with Crippen molar-refractivity contribution in [2.45, 2.75) is 25.8 Å². The molecule has 22 heavy (non-hydrogen) atoms. The molecule has 1 saturated heterocycles. The number of nitrogens with one attached hydrogen (secondary N) is 2. The molecule has 5 nitrogen and oxygen atoms in total. The van der Waals surface area contributed by atoms with Gasteiger partial charge in [0, 0.05) is 26.1 Å². The van der Waals surface area contributed by atoms with Crippen molar-refractivity contribution in [2.24, 2.45) is 0 Å². The summed E-state index contributed by atoms with van der Waals surface area (Å²) in [6, 6.07) is 5.34.